The van der Waals surface area contributed by atoms with Gasteiger partial charge in [-0.1, -0.05) is 0 Å². The zero-order chi connectivity index (χ0) is 17.3. The molecule has 0 bridgehead atoms. The average molecular weight is 364 g/mol. The molecule has 128 valence electrons. The first-order valence-corrected chi connectivity index (χ1v) is 9.60. The van der Waals surface area contributed by atoms with Crippen LogP contribution in [0.3, 0.4) is 0 Å². The molecule has 0 spiro atoms. The van der Waals surface area contributed by atoms with Crippen LogP contribution in [0.1, 0.15) is 40.1 Å². The molecule has 7 heteroatoms. The number of ketones is 1. The number of thiazole rings is 1. The summed E-state index contributed by atoms with van der Waals surface area (Å²) in [5, 5.41) is 10.6. The molecule has 1 amide bonds. The second kappa shape index (κ2) is 7.13. The maximum absolute atomic E-state index is 12.6. The zero-order valence-corrected chi connectivity index (χ0v) is 15.4. The van der Waals surface area contributed by atoms with Gasteiger partial charge in [-0.05, 0) is 38.8 Å². The summed E-state index contributed by atoms with van der Waals surface area (Å²) in [4.78, 5) is 32.7. The van der Waals surface area contributed by atoms with Crippen LogP contribution in [0.15, 0.2) is 12.1 Å². The molecule has 1 saturated heterocycles. The van der Waals surface area contributed by atoms with Gasteiger partial charge in [-0.15, -0.1) is 22.7 Å². The van der Waals surface area contributed by atoms with Gasteiger partial charge in [0, 0.05) is 18.0 Å². The Morgan fingerprint density at radius 3 is 2.88 bits per heavy atom. The van der Waals surface area contributed by atoms with Gasteiger partial charge in [-0.3, -0.25) is 9.59 Å². The summed E-state index contributed by atoms with van der Waals surface area (Å²) >= 11 is 2.96. The Morgan fingerprint density at radius 1 is 1.38 bits per heavy atom. The number of aliphatic hydroxyl groups excluding tert-OH is 1. The van der Waals surface area contributed by atoms with Gasteiger partial charge in [-0.2, -0.15) is 0 Å². The number of likely N-dealkylation sites (tertiary alicyclic amines) is 1. The molecular weight excluding hydrogens is 344 g/mol. The molecule has 1 fully saturated rings. The van der Waals surface area contributed by atoms with Gasteiger partial charge in [0.05, 0.1) is 28.0 Å². The number of aliphatic hydroxyl groups is 1. The lowest BCUT2D eigenvalue weighted by molar-refractivity contribution is -0.116. The summed E-state index contributed by atoms with van der Waals surface area (Å²) in [6, 6.07) is 3.78. The Bertz CT molecular complexity index is 766. The molecule has 1 N–H and O–H groups in total. The minimum Gasteiger partial charge on any atom is -0.391 e. The highest BCUT2D eigenvalue weighted by molar-refractivity contribution is 7.23. The van der Waals surface area contributed by atoms with Gasteiger partial charge < -0.3 is 10.0 Å². The Labute approximate surface area is 149 Å². The summed E-state index contributed by atoms with van der Waals surface area (Å²) in [6.45, 7) is 4.60. The van der Waals surface area contributed by atoms with E-state index in [0.717, 1.165) is 33.3 Å². The van der Waals surface area contributed by atoms with Crippen LogP contribution < -0.4 is 0 Å². The van der Waals surface area contributed by atoms with Crippen molar-refractivity contribution in [2.45, 2.75) is 39.2 Å². The fraction of sp³-hybridized carbons (Fsp3) is 0.471. The van der Waals surface area contributed by atoms with Gasteiger partial charge in [0.1, 0.15) is 10.8 Å². The van der Waals surface area contributed by atoms with Crippen LogP contribution in [0, 0.1) is 6.92 Å². The molecule has 2 aromatic heterocycles. The number of hydrogen-bond acceptors (Lipinski definition) is 6. The average Bonchev–Trinajstić information content (AvgIpc) is 3.12. The van der Waals surface area contributed by atoms with Crippen molar-refractivity contribution in [1.82, 2.24) is 9.88 Å². The third-order valence-corrected chi connectivity index (χ3v) is 6.38. The van der Waals surface area contributed by atoms with Crippen molar-refractivity contribution >= 4 is 34.4 Å². The summed E-state index contributed by atoms with van der Waals surface area (Å²) < 4.78 is 0. The van der Waals surface area contributed by atoms with Crippen molar-refractivity contribution in [3.05, 3.63) is 27.7 Å². The Hall–Kier alpha value is -1.57. The number of aryl methyl sites for hydroxylation is 1. The van der Waals surface area contributed by atoms with Gasteiger partial charge in [0.25, 0.3) is 5.91 Å². The maximum Gasteiger partial charge on any atom is 0.264 e. The zero-order valence-electron chi connectivity index (χ0n) is 13.7. The molecular formula is C17H20N2O3S2. The van der Waals surface area contributed by atoms with Crippen LogP contribution in [0.25, 0.3) is 9.75 Å². The van der Waals surface area contributed by atoms with E-state index in [2.05, 4.69) is 4.98 Å². The van der Waals surface area contributed by atoms with Crippen LogP contribution in [0.5, 0.6) is 0 Å². The van der Waals surface area contributed by atoms with E-state index in [1.165, 1.54) is 22.7 Å². The third-order valence-electron chi connectivity index (χ3n) is 3.97. The van der Waals surface area contributed by atoms with E-state index < -0.39 is 6.10 Å². The van der Waals surface area contributed by atoms with Crippen LogP contribution in [0.2, 0.25) is 0 Å². The van der Waals surface area contributed by atoms with Crippen molar-refractivity contribution < 1.29 is 14.7 Å². The second-order valence-corrected chi connectivity index (χ2v) is 8.28. The lowest BCUT2D eigenvalue weighted by Crippen LogP contribution is -2.41. The highest BCUT2D eigenvalue weighted by Gasteiger charge is 2.24. The van der Waals surface area contributed by atoms with Crippen LogP contribution in [0.4, 0.5) is 0 Å². The number of nitrogens with zero attached hydrogens (tertiary/aromatic N) is 2. The molecule has 1 aliphatic heterocycles. The minimum absolute atomic E-state index is 0.0175. The largest absolute Gasteiger partial charge is 0.391 e. The predicted molar refractivity (Wildman–Crippen MR) is 95.7 cm³/mol. The highest BCUT2D eigenvalue weighted by Crippen LogP contribution is 2.36. The Morgan fingerprint density at radius 2 is 2.17 bits per heavy atom. The molecule has 0 aromatic carbocycles. The van der Waals surface area contributed by atoms with E-state index in [4.69, 9.17) is 0 Å². The van der Waals surface area contributed by atoms with Crippen molar-refractivity contribution in [3.8, 4) is 9.75 Å². The number of hydrogen-bond donors (Lipinski definition) is 1. The van der Waals surface area contributed by atoms with Gasteiger partial charge in [0.2, 0.25) is 0 Å². The molecule has 5 nitrogen and oxygen atoms in total. The topological polar surface area (TPSA) is 70.5 Å². The van der Waals surface area contributed by atoms with Crippen molar-refractivity contribution in [1.29, 1.82) is 0 Å². The number of rotatable bonds is 4. The number of β-amino-alcohol motifs (C(OH)–C–C–N with tert-alkyl or cyclic N) is 1. The van der Waals surface area contributed by atoms with Crippen molar-refractivity contribution in [3.63, 3.8) is 0 Å². The first-order valence-electron chi connectivity index (χ1n) is 7.97. The quantitative estimate of drug-likeness (QED) is 0.905. The number of aromatic nitrogens is 1. The smallest absolute Gasteiger partial charge is 0.264 e. The monoisotopic (exact) mass is 364 g/mol. The van der Waals surface area contributed by atoms with Gasteiger partial charge in [0.15, 0.2) is 0 Å². The Balaban J connectivity index is 1.79. The standard InChI is InChI=1S/C17H20N2O3S2/c1-10(20)8-15-18-11(2)16(24-15)13-5-6-14(23-13)17(22)19-7-3-4-12(21)9-19/h5-6,12,21H,3-4,7-9H2,1-2H3. The molecule has 3 heterocycles. The van der Waals surface area contributed by atoms with Crippen LogP contribution >= 0.6 is 22.7 Å². The number of piperidine rings is 1. The van der Waals surface area contributed by atoms with E-state index in [0.29, 0.717) is 24.4 Å². The van der Waals surface area contributed by atoms with Gasteiger partial charge >= 0.3 is 0 Å². The number of carbonyl (C=O) groups is 2. The summed E-state index contributed by atoms with van der Waals surface area (Å²) in [7, 11) is 0. The van der Waals surface area contributed by atoms with E-state index in [-0.39, 0.29) is 11.7 Å². The fourth-order valence-corrected chi connectivity index (χ4v) is 5.11. The molecule has 3 rings (SSSR count). The van der Waals surface area contributed by atoms with Crippen molar-refractivity contribution in [2.24, 2.45) is 0 Å². The lowest BCUT2D eigenvalue weighted by Gasteiger charge is -2.29. The minimum atomic E-state index is -0.417. The Kier molecular flexibility index (Phi) is 5.12. The second-order valence-electron chi connectivity index (χ2n) is 6.11. The number of amides is 1. The van der Waals surface area contributed by atoms with Crippen LogP contribution in [-0.2, 0) is 11.2 Å². The predicted octanol–water partition coefficient (Wildman–Crippen LogP) is 2.91. The summed E-state index contributed by atoms with van der Waals surface area (Å²) in [5.74, 6) is 0.0807. The molecule has 1 aliphatic rings. The maximum atomic E-state index is 12.6. The summed E-state index contributed by atoms with van der Waals surface area (Å²) in [5.41, 5.74) is 0.894. The fourth-order valence-electron chi connectivity index (χ4n) is 2.84. The normalized spacial score (nSPS) is 18.0. The molecule has 0 radical (unpaired) electrons. The first kappa shape index (κ1) is 17.3. The highest BCUT2D eigenvalue weighted by atomic mass is 32.1. The summed E-state index contributed by atoms with van der Waals surface area (Å²) in [6.07, 6.45) is 1.54. The van der Waals surface area contributed by atoms with E-state index >= 15 is 0 Å². The number of Topliss-reactive ketones (excluding diaryl/α,β-unsaturated/α-hetero) is 1. The molecule has 24 heavy (non-hydrogen) atoms. The van der Waals surface area contributed by atoms with E-state index in [1.807, 2.05) is 19.1 Å². The molecule has 0 saturated carbocycles. The van der Waals surface area contributed by atoms with E-state index in [1.54, 1.807) is 11.8 Å². The van der Waals surface area contributed by atoms with Crippen LogP contribution in [-0.4, -0.2) is 45.9 Å². The molecule has 1 unspecified atom stereocenters. The molecule has 1 atom stereocenters. The van der Waals surface area contributed by atoms with E-state index in [9.17, 15) is 14.7 Å². The van der Waals surface area contributed by atoms with Gasteiger partial charge in [-0.25, -0.2) is 4.98 Å². The SMILES string of the molecule is CC(=O)Cc1nc(C)c(-c2ccc(C(=O)N3CCCC(O)C3)s2)s1. The number of thiophene rings is 1. The molecule has 0 aliphatic carbocycles. The number of carbonyl (C=O) groups excluding carboxylic acids is 2. The van der Waals surface area contributed by atoms with Crippen molar-refractivity contribution in [2.75, 3.05) is 13.1 Å². The third kappa shape index (κ3) is 3.74. The first-order chi connectivity index (χ1) is 11.4. The molecule has 2 aromatic rings. The lowest BCUT2D eigenvalue weighted by atomic mass is 10.1.